The van der Waals surface area contributed by atoms with Crippen LogP contribution in [-0.4, -0.2) is 40.9 Å². The molecule has 0 spiro atoms. The molecular weight excluding hydrogens is 232 g/mol. The van der Waals surface area contributed by atoms with Crippen molar-refractivity contribution in [2.75, 3.05) is 13.2 Å². The van der Waals surface area contributed by atoms with Gasteiger partial charge in [-0.2, -0.15) is 0 Å². The first kappa shape index (κ1) is 11.8. The third kappa shape index (κ3) is 1.61. The Morgan fingerprint density at radius 1 is 1.28 bits per heavy atom. The highest BCUT2D eigenvalue weighted by molar-refractivity contribution is 5.88. The summed E-state index contributed by atoms with van der Waals surface area (Å²) in [6.45, 7) is 0.455. The van der Waals surface area contributed by atoms with E-state index in [1.807, 2.05) is 30.3 Å². The summed E-state index contributed by atoms with van der Waals surface area (Å²) in [6.07, 6.45) is -0.818. The first-order valence-electron chi connectivity index (χ1n) is 6.19. The van der Waals surface area contributed by atoms with Crippen molar-refractivity contribution in [3.8, 4) is 0 Å². The molecule has 1 aromatic rings. The van der Waals surface area contributed by atoms with Crippen LogP contribution in [0.2, 0.25) is 0 Å². The summed E-state index contributed by atoms with van der Waals surface area (Å²) >= 11 is 0. The number of benzene rings is 1. The maximum atomic E-state index is 12.2. The number of Topliss-reactive ketones (excluding diaryl/α,β-unsaturated/α-hetero) is 1. The molecule has 1 aromatic carbocycles. The first-order chi connectivity index (χ1) is 8.63. The maximum absolute atomic E-state index is 12.2. The van der Waals surface area contributed by atoms with Crippen LogP contribution in [0, 0.1) is 5.92 Å². The number of carbonyl (C=O) groups excluding carboxylic acids is 1. The summed E-state index contributed by atoms with van der Waals surface area (Å²) in [5, 5.41) is 20.9. The van der Waals surface area contributed by atoms with Gasteiger partial charge in [0, 0.05) is 12.3 Å². The third-order valence-corrected chi connectivity index (χ3v) is 4.14. The van der Waals surface area contributed by atoms with Crippen LogP contribution in [0.25, 0.3) is 0 Å². The number of hydrogen-bond donors (Lipinski definition) is 2. The van der Waals surface area contributed by atoms with Crippen LogP contribution < -0.4 is 0 Å². The van der Waals surface area contributed by atoms with Crippen LogP contribution >= 0.6 is 0 Å². The predicted molar refractivity (Wildman–Crippen MR) is 64.1 cm³/mol. The van der Waals surface area contributed by atoms with Gasteiger partial charge < -0.3 is 14.9 Å². The number of fused-ring (bicyclic) bond motifs is 1. The van der Waals surface area contributed by atoms with Crippen molar-refractivity contribution in [3.05, 3.63) is 35.9 Å². The number of carbonyl (C=O) groups is 1. The monoisotopic (exact) mass is 248 g/mol. The van der Waals surface area contributed by atoms with Crippen molar-refractivity contribution in [2.24, 2.45) is 5.92 Å². The minimum absolute atomic E-state index is 0.0196. The van der Waals surface area contributed by atoms with Gasteiger partial charge in [0.05, 0.1) is 25.2 Å². The fourth-order valence-electron chi connectivity index (χ4n) is 3.05. The quantitative estimate of drug-likeness (QED) is 0.758. The van der Waals surface area contributed by atoms with Crippen LogP contribution in [-0.2, 0) is 9.53 Å². The molecule has 96 valence electrons. The van der Waals surface area contributed by atoms with E-state index in [-0.39, 0.29) is 24.7 Å². The molecule has 2 N–H and O–H groups in total. The Hall–Kier alpha value is -1.23. The largest absolute Gasteiger partial charge is 0.389 e. The van der Waals surface area contributed by atoms with Crippen molar-refractivity contribution in [2.45, 2.75) is 24.0 Å². The molecule has 3 rings (SSSR count). The SMILES string of the molecule is O=C1C[C@H]2COC[C@@]2(O)[C@H](O)[C@H]1c1ccccc1. The van der Waals surface area contributed by atoms with Gasteiger partial charge in [0.1, 0.15) is 11.4 Å². The van der Waals surface area contributed by atoms with Gasteiger partial charge >= 0.3 is 0 Å². The van der Waals surface area contributed by atoms with Gasteiger partial charge in [-0.25, -0.2) is 0 Å². The minimum Gasteiger partial charge on any atom is -0.389 e. The van der Waals surface area contributed by atoms with Gasteiger partial charge in [-0.1, -0.05) is 30.3 Å². The molecule has 1 heterocycles. The van der Waals surface area contributed by atoms with Crippen LogP contribution in [0.15, 0.2) is 30.3 Å². The van der Waals surface area contributed by atoms with E-state index in [9.17, 15) is 15.0 Å². The number of rotatable bonds is 1. The molecule has 2 fully saturated rings. The second kappa shape index (κ2) is 4.16. The normalized spacial score (nSPS) is 39.7. The van der Waals surface area contributed by atoms with Gasteiger partial charge in [0.25, 0.3) is 0 Å². The Labute approximate surface area is 105 Å². The molecule has 1 saturated carbocycles. The molecule has 18 heavy (non-hydrogen) atoms. The second-order valence-electron chi connectivity index (χ2n) is 5.21. The molecule has 4 heteroatoms. The lowest BCUT2D eigenvalue weighted by Crippen LogP contribution is -2.57. The van der Waals surface area contributed by atoms with E-state index < -0.39 is 17.6 Å². The second-order valence-corrected chi connectivity index (χ2v) is 5.21. The van der Waals surface area contributed by atoms with Gasteiger partial charge in [-0.05, 0) is 5.56 Å². The van der Waals surface area contributed by atoms with E-state index in [0.717, 1.165) is 5.56 Å². The van der Waals surface area contributed by atoms with Gasteiger partial charge in [0.2, 0.25) is 0 Å². The van der Waals surface area contributed by atoms with Crippen LogP contribution in [0.4, 0.5) is 0 Å². The minimum atomic E-state index is -1.28. The number of aliphatic hydroxyl groups excluding tert-OH is 1. The van der Waals surface area contributed by atoms with Gasteiger partial charge in [-0.3, -0.25) is 4.79 Å². The van der Waals surface area contributed by atoms with E-state index in [1.165, 1.54) is 0 Å². The molecule has 0 amide bonds. The highest BCUT2D eigenvalue weighted by Crippen LogP contribution is 2.43. The van der Waals surface area contributed by atoms with Crippen molar-refractivity contribution >= 4 is 5.78 Å². The van der Waals surface area contributed by atoms with Gasteiger partial charge in [0.15, 0.2) is 0 Å². The summed E-state index contributed by atoms with van der Waals surface area (Å²) in [5.74, 6) is -0.942. The molecule has 0 unspecified atom stereocenters. The Kier molecular flexibility index (Phi) is 2.73. The zero-order valence-electron chi connectivity index (χ0n) is 9.95. The van der Waals surface area contributed by atoms with E-state index in [4.69, 9.17) is 4.74 Å². The summed E-state index contributed by atoms with van der Waals surface area (Å²) in [6, 6.07) is 9.14. The van der Waals surface area contributed by atoms with E-state index in [2.05, 4.69) is 0 Å². The molecule has 0 radical (unpaired) electrons. The zero-order chi connectivity index (χ0) is 12.8. The van der Waals surface area contributed by atoms with E-state index in [0.29, 0.717) is 6.61 Å². The third-order valence-electron chi connectivity index (χ3n) is 4.14. The summed E-state index contributed by atoms with van der Waals surface area (Å²) in [4.78, 5) is 12.2. The molecule has 1 aliphatic carbocycles. The smallest absolute Gasteiger partial charge is 0.143 e. The van der Waals surface area contributed by atoms with Crippen molar-refractivity contribution < 1.29 is 19.7 Å². The van der Waals surface area contributed by atoms with E-state index >= 15 is 0 Å². The van der Waals surface area contributed by atoms with Crippen molar-refractivity contribution in [1.29, 1.82) is 0 Å². The molecule has 1 aliphatic heterocycles. The molecule has 0 aromatic heterocycles. The molecule has 2 aliphatic rings. The van der Waals surface area contributed by atoms with E-state index in [1.54, 1.807) is 0 Å². The van der Waals surface area contributed by atoms with Crippen LogP contribution in [0.5, 0.6) is 0 Å². The number of aliphatic hydroxyl groups is 2. The van der Waals surface area contributed by atoms with Gasteiger partial charge in [-0.15, -0.1) is 0 Å². The lowest BCUT2D eigenvalue weighted by Gasteiger charge is -2.41. The lowest BCUT2D eigenvalue weighted by molar-refractivity contribution is -0.153. The Balaban J connectivity index is 1.98. The summed E-state index contributed by atoms with van der Waals surface area (Å²) in [7, 11) is 0. The first-order valence-corrected chi connectivity index (χ1v) is 6.19. The highest BCUT2D eigenvalue weighted by atomic mass is 16.5. The lowest BCUT2D eigenvalue weighted by atomic mass is 9.67. The standard InChI is InChI=1S/C14H16O4/c15-11-6-10-7-18-8-14(10,17)13(16)12(11)9-4-2-1-3-5-9/h1-5,10,12-13,16-17H,6-8H2/t10-,12-,13+,14-/m0/s1. The Morgan fingerprint density at radius 2 is 2.00 bits per heavy atom. The predicted octanol–water partition coefficient (Wildman–Crippen LogP) is 0.481. The number of ketones is 1. The van der Waals surface area contributed by atoms with Crippen molar-refractivity contribution in [1.82, 2.24) is 0 Å². The molecule has 0 bridgehead atoms. The fourth-order valence-corrected chi connectivity index (χ4v) is 3.05. The van der Waals surface area contributed by atoms with Crippen LogP contribution in [0.3, 0.4) is 0 Å². The number of ether oxygens (including phenoxy) is 1. The fraction of sp³-hybridized carbons (Fsp3) is 0.500. The Bertz CT molecular complexity index is 458. The molecule has 1 saturated heterocycles. The Morgan fingerprint density at radius 3 is 2.72 bits per heavy atom. The maximum Gasteiger partial charge on any atom is 0.143 e. The molecule has 4 atom stereocenters. The molecular formula is C14H16O4. The topological polar surface area (TPSA) is 66.8 Å². The highest BCUT2D eigenvalue weighted by Gasteiger charge is 2.56. The number of hydrogen-bond acceptors (Lipinski definition) is 4. The van der Waals surface area contributed by atoms with Crippen LogP contribution in [0.1, 0.15) is 17.9 Å². The average Bonchev–Trinajstić information content (AvgIpc) is 2.74. The van der Waals surface area contributed by atoms with Crippen molar-refractivity contribution in [3.63, 3.8) is 0 Å². The average molecular weight is 248 g/mol. The zero-order valence-corrected chi connectivity index (χ0v) is 9.95. The molecule has 4 nitrogen and oxygen atoms in total. The summed E-state index contributed by atoms with van der Waals surface area (Å²) in [5.41, 5.74) is -0.525. The summed E-state index contributed by atoms with van der Waals surface area (Å²) < 4.78 is 5.24.